The summed E-state index contributed by atoms with van der Waals surface area (Å²) in [6, 6.07) is -0.182. The normalized spacial score (nSPS) is 27.1. The van der Waals surface area contributed by atoms with Crippen LogP contribution in [0.2, 0.25) is 0 Å². The van der Waals surface area contributed by atoms with Crippen molar-refractivity contribution in [3.05, 3.63) is 12.7 Å². The van der Waals surface area contributed by atoms with Crippen molar-refractivity contribution >= 4 is 5.91 Å². The fourth-order valence-electron chi connectivity index (χ4n) is 0.806. The highest BCUT2D eigenvalue weighted by molar-refractivity contribution is 5.84. The summed E-state index contributed by atoms with van der Waals surface area (Å²) in [7, 11) is 0. The Hall–Kier alpha value is -0.830. The van der Waals surface area contributed by atoms with Gasteiger partial charge in [-0.05, 0) is 0 Å². The zero-order valence-corrected chi connectivity index (χ0v) is 5.18. The zero-order valence-electron chi connectivity index (χ0n) is 5.18. The molecule has 0 unspecified atom stereocenters. The van der Waals surface area contributed by atoms with Gasteiger partial charge in [-0.1, -0.05) is 6.08 Å². The van der Waals surface area contributed by atoms with Gasteiger partial charge in [0.25, 0.3) is 0 Å². The number of hydrogen-bond acceptors (Lipinski definition) is 2. The number of nitrogens with one attached hydrogen (secondary N) is 2. The molecule has 0 aromatic rings. The molecule has 1 fully saturated rings. The number of amides is 1. The molecule has 2 N–H and O–H groups in total. The highest BCUT2D eigenvalue weighted by Gasteiger charge is 2.16. The van der Waals surface area contributed by atoms with Crippen LogP contribution in [0.15, 0.2) is 12.7 Å². The van der Waals surface area contributed by atoms with Gasteiger partial charge in [0.15, 0.2) is 0 Å². The summed E-state index contributed by atoms with van der Waals surface area (Å²) in [6.07, 6.45) is 1.61. The second kappa shape index (κ2) is 2.64. The molecule has 1 rings (SSSR count). The first-order valence-corrected chi connectivity index (χ1v) is 2.98. The van der Waals surface area contributed by atoms with Gasteiger partial charge in [0, 0.05) is 13.1 Å². The van der Waals surface area contributed by atoms with E-state index in [0.29, 0.717) is 0 Å². The molecule has 0 spiro atoms. The molecule has 0 radical (unpaired) electrons. The van der Waals surface area contributed by atoms with Gasteiger partial charge in [0.2, 0.25) is 5.91 Å². The third kappa shape index (κ3) is 1.29. The molecule has 0 aromatic heterocycles. The maximum absolute atomic E-state index is 10.8. The maximum atomic E-state index is 10.8. The number of hydrogen-bond donors (Lipinski definition) is 2. The van der Waals surface area contributed by atoms with Crippen LogP contribution in [0.1, 0.15) is 0 Å². The van der Waals surface area contributed by atoms with Gasteiger partial charge in [-0.15, -0.1) is 6.58 Å². The van der Waals surface area contributed by atoms with E-state index < -0.39 is 0 Å². The lowest BCUT2D eigenvalue weighted by Gasteiger charge is -2.19. The molecule has 0 bridgehead atoms. The van der Waals surface area contributed by atoms with Crippen molar-refractivity contribution < 1.29 is 4.79 Å². The number of carbonyl (C=O) groups is 1. The monoisotopic (exact) mass is 126 g/mol. The molecule has 1 aliphatic heterocycles. The van der Waals surface area contributed by atoms with E-state index in [1.165, 1.54) is 0 Å². The van der Waals surface area contributed by atoms with Crippen molar-refractivity contribution in [3.8, 4) is 0 Å². The van der Waals surface area contributed by atoms with Crippen molar-refractivity contribution in [2.24, 2.45) is 0 Å². The second-order valence-electron chi connectivity index (χ2n) is 1.96. The summed E-state index contributed by atoms with van der Waals surface area (Å²) in [5.74, 6) is 0.0243. The highest BCUT2D eigenvalue weighted by Crippen LogP contribution is 1.88. The van der Waals surface area contributed by atoms with Crippen LogP contribution >= 0.6 is 0 Å². The topological polar surface area (TPSA) is 41.1 Å². The minimum Gasteiger partial charge on any atom is -0.353 e. The highest BCUT2D eigenvalue weighted by atomic mass is 16.2. The van der Waals surface area contributed by atoms with Crippen LogP contribution in [-0.4, -0.2) is 25.0 Å². The first-order valence-electron chi connectivity index (χ1n) is 2.98. The summed E-state index contributed by atoms with van der Waals surface area (Å²) in [5, 5.41) is 5.70. The van der Waals surface area contributed by atoms with E-state index in [0.717, 1.165) is 13.1 Å². The molecule has 1 atom stereocenters. The van der Waals surface area contributed by atoms with E-state index in [-0.39, 0.29) is 11.9 Å². The molecule has 1 heterocycles. The largest absolute Gasteiger partial charge is 0.353 e. The summed E-state index contributed by atoms with van der Waals surface area (Å²) >= 11 is 0. The Morgan fingerprint density at radius 1 is 1.67 bits per heavy atom. The first kappa shape index (κ1) is 6.29. The quantitative estimate of drug-likeness (QED) is 0.454. The Kier molecular flexibility index (Phi) is 1.85. The standard InChI is InChI=1S/C6H10N2O/c1-2-5-6(9)8-4-3-7-5/h2,5,7H,1,3-4H2,(H,8,9)/t5-/m1/s1. The lowest BCUT2D eigenvalue weighted by molar-refractivity contribution is -0.123. The average Bonchev–Trinajstić information content (AvgIpc) is 1.89. The van der Waals surface area contributed by atoms with Crippen LogP contribution in [-0.2, 0) is 4.79 Å². The van der Waals surface area contributed by atoms with Gasteiger partial charge in [-0.2, -0.15) is 0 Å². The molecule has 0 aliphatic carbocycles. The Morgan fingerprint density at radius 3 is 2.89 bits per heavy atom. The van der Waals surface area contributed by atoms with E-state index in [4.69, 9.17) is 0 Å². The Balaban J connectivity index is 2.48. The van der Waals surface area contributed by atoms with Crippen molar-refractivity contribution in [2.45, 2.75) is 6.04 Å². The Morgan fingerprint density at radius 2 is 2.44 bits per heavy atom. The minimum absolute atomic E-state index is 0.0243. The van der Waals surface area contributed by atoms with Gasteiger partial charge in [-0.25, -0.2) is 0 Å². The molecule has 3 heteroatoms. The van der Waals surface area contributed by atoms with Crippen LogP contribution in [0.4, 0.5) is 0 Å². The maximum Gasteiger partial charge on any atom is 0.241 e. The average molecular weight is 126 g/mol. The van der Waals surface area contributed by atoms with E-state index >= 15 is 0 Å². The molecule has 1 amide bonds. The summed E-state index contributed by atoms with van der Waals surface area (Å²) in [6.45, 7) is 5.07. The van der Waals surface area contributed by atoms with Crippen molar-refractivity contribution in [3.63, 3.8) is 0 Å². The third-order valence-corrected chi connectivity index (χ3v) is 1.31. The Labute approximate surface area is 54.1 Å². The lowest BCUT2D eigenvalue weighted by Crippen LogP contribution is -2.51. The van der Waals surface area contributed by atoms with Crippen molar-refractivity contribution in [1.82, 2.24) is 10.6 Å². The van der Waals surface area contributed by atoms with E-state index in [9.17, 15) is 4.79 Å². The fourth-order valence-corrected chi connectivity index (χ4v) is 0.806. The molecule has 50 valence electrons. The molecule has 1 aliphatic rings. The number of carbonyl (C=O) groups excluding carboxylic acids is 1. The molecule has 1 saturated heterocycles. The van der Waals surface area contributed by atoms with Crippen LogP contribution in [0, 0.1) is 0 Å². The Bertz CT molecular complexity index is 133. The van der Waals surface area contributed by atoms with E-state index in [1.807, 2.05) is 0 Å². The smallest absolute Gasteiger partial charge is 0.241 e. The third-order valence-electron chi connectivity index (χ3n) is 1.31. The van der Waals surface area contributed by atoms with Crippen molar-refractivity contribution in [1.29, 1.82) is 0 Å². The van der Waals surface area contributed by atoms with Gasteiger partial charge in [0.1, 0.15) is 6.04 Å². The summed E-state index contributed by atoms with van der Waals surface area (Å²) in [4.78, 5) is 10.8. The van der Waals surface area contributed by atoms with Crippen LogP contribution in [0.5, 0.6) is 0 Å². The molecular formula is C6H10N2O. The summed E-state index contributed by atoms with van der Waals surface area (Å²) < 4.78 is 0. The van der Waals surface area contributed by atoms with Gasteiger partial charge in [0.05, 0.1) is 0 Å². The van der Waals surface area contributed by atoms with E-state index in [1.54, 1.807) is 6.08 Å². The fraction of sp³-hybridized carbons (Fsp3) is 0.500. The molecule has 0 aromatic carbocycles. The van der Waals surface area contributed by atoms with Crippen molar-refractivity contribution in [2.75, 3.05) is 13.1 Å². The second-order valence-corrected chi connectivity index (χ2v) is 1.96. The van der Waals surface area contributed by atoms with Crippen LogP contribution in [0.25, 0.3) is 0 Å². The van der Waals surface area contributed by atoms with Gasteiger partial charge < -0.3 is 10.6 Å². The SMILES string of the molecule is C=C[C@H]1NCCNC1=O. The van der Waals surface area contributed by atoms with Crippen LogP contribution < -0.4 is 10.6 Å². The van der Waals surface area contributed by atoms with E-state index in [2.05, 4.69) is 17.2 Å². The lowest BCUT2D eigenvalue weighted by atomic mass is 10.2. The molecule has 0 saturated carbocycles. The predicted molar refractivity (Wildman–Crippen MR) is 35.0 cm³/mol. The minimum atomic E-state index is -0.182. The number of piperazine rings is 1. The zero-order chi connectivity index (χ0) is 6.69. The summed E-state index contributed by atoms with van der Waals surface area (Å²) in [5.41, 5.74) is 0. The first-order chi connectivity index (χ1) is 4.34. The van der Waals surface area contributed by atoms with Gasteiger partial charge in [-0.3, -0.25) is 4.79 Å². The predicted octanol–water partition coefficient (Wildman–Crippen LogP) is -0.740. The molecule has 9 heavy (non-hydrogen) atoms. The molecule has 3 nitrogen and oxygen atoms in total. The van der Waals surface area contributed by atoms with Gasteiger partial charge >= 0.3 is 0 Å². The molecular weight excluding hydrogens is 116 g/mol. The number of rotatable bonds is 1. The van der Waals surface area contributed by atoms with Crippen LogP contribution in [0.3, 0.4) is 0 Å².